The van der Waals surface area contributed by atoms with Crippen LogP contribution in [0.25, 0.3) is 0 Å². The van der Waals surface area contributed by atoms with Crippen molar-refractivity contribution in [3.63, 3.8) is 0 Å². The average molecular weight is 410 g/mol. The van der Waals surface area contributed by atoms with Crippen LogP contribution in [0.2, 0.25) is 0 Å². The van der Waals surface area contributed by atoms with E-state index in [1.807, 2.05) is 38.1 Å². The van der Waals surface area contributed by atoms with Gasteiger partial charge in [-0.2, -0.15) is 12.1 Å². The average Bonchev–Trinajstić information content (AvgIpc) is 3.31. The van der Waals surface area contributed by atoms with Gasteiger partial charge in [0.05, 0.1) is 5.50 Å². The molecule has 0 saturated heterocycles. The van der Waals surface area contributed by atoms with Gasteiger partial charge in [0.2, 0.25) is 0 Å². The Balaban J connectivity index is 0.000000173. The Morgan fingerprint density at radius 1 is 0.800 bits per heavy atom. The van der Waals surface area contributed by atoms with Crippen molar-refractivity contribution in [3.8, 4) is 0 Å². The molecule has 0 aliphatic heterocycles. The molecule has 4 aromatic rings. The van der Waals surface area contributed by atoms with Crippen molar-refractivity contribution < 1.29 is 25.9 Å². The molecule has 0 spiro atoms. The molecule has 0 fully saturated rings. The van der Waals surface area contributed by atoms with Gasteiger partial charge in [-0.3, -0.25) is 8.58 Å². The van der Waals surface area contributed by atoms with Gasteiger partial charge in [-0.25, -0.2) is 12.1 Å². The summed E-state index contributed by atoms with van der Waals surface area (Å²) in [5.74, 6) is 1.98. The Hall–Kier alpha value is -1.36. The minimum Gasteiger partial charge on any atom is -0.747 e. The fourth-order valence-electron chi connectivity index (χ4n) is 2.20. The fraction of sp³-hybridized carbons (Fsp3) is 0.100. The predicted molar refractivity (Wildman–Crippen MR) is 106 cm³/mol. The quantitative estimate of drug-likeness (QED) is 0.290. The molecule has 2 aromatic heterocycles. The van der Waals surface area contributed by atoms with E-state index in [4.69, 9.17) is 8.83 Å². The monoisotopic (exact) mass is 410 g/mol. The van der Waals surface area contributed by atoms with Gasteiger partial charge < -0.3 is 38.4 Å². The minimum absolute atomic E-state index is 0. The van der Waals surface area contributed by atoms with E-state index >= 15 is 0 Å². The van der Waals surface area contributed by atoms with Crippen LogP contribution in [-0.2, 0) is 17.1 Å². The molecule has 0 radical (unpaired) electrons. The first kappa shape index (κ1) is 20.0. The molecule has 2 atom stereocenters. The van der Waals surface area contributed by atoms with Crippen LogP contribution in [0.5, 0.6) is 0 Å². The topological polar surface area (TPSA) is 26.3 Å². The Morgan fingerprint density at radius 3 is 1.80 bits per heavy atom. The van der Waals surface area contributed by atoms with Crippen LogP contribution in [-0.4, -0.2) is 0 Å². The number of hydrogen-bond acceptors (Lipinski definition) is 2. The minimum atomic E-state index is 0. The molecule has 2 heterocycles. The van der Waals surface area contributed by atoms with Gasteiger partial charge in [-0.05, 0) is 38.1 Å². The van der Waals surface area contributed by atoms with Crippen molar-refractivity contribution in [2.45, 2.75) is 13.8 Å². The third-order valence-corrected chi connectivity index (χ3v) is 5.62. The number of hydrogen-bond donors (Lipinski definition) is 0. The van der Waals surface area contributed by atoms with E-state index in [9.17, 15) is 0 Å². The molecular formula is C20H20FeO2P2-6. The summed E-state index contributed by atoms with van der Waals surface area (Å²) < 4.78 is 10.9. The first-order valence-electron chi connectivity index (χ1n) is 7.79. The van der Waals surface area contributed by atoms with E-state index in [1.54, 1.807) is 0 Å². The standard InChI is InChI=1S/2C10H10OP.Fe/c2*1-8-6-7-10(11-8)12-9-4-2-3-5-9;/h2*2-7,12H,1H3;/q-5;-1;. The molecule has 0 aliphatic rings. The molecule has 2 unspecified atom stereocenters. The molecule has 0 aliphatic carbocycles. The zero-order chi connectivity index (χ0) is 16.8. The van der Waals surface area contributed by atoms with Gasteiger partial charge in [-0.1, -0.05) is 8.58 Å². The van der Waals surface area contributed by atoms with Gasteiger partial charge in [0.25, 0.3) is 0 Å². The number of furan rings is 2. The van der Waals surface area contributed by atoms with Crippen LogP contribution in [0.1, 0.15) is 11.5 Å². The summed E-state index contributed by atoms with van der Waals surface area (Å²) in [6.07, 6.45) is 0. The maximum atomic E-state index is 5.47. The first-order valence-corrected chi connectivity index (χ1v) is 9.79. The van der Waals surface area contributed by atoms with E-state index in [0.717, 1.165) is 22.5 Å². The summed E-state index contributed by atoms with van der Waals surface area (Å²) in [6, 6.07) is 24.8. The molecule has 4 rings (SSSR count). The van der Waals surface area contributed by atoms with Crippen LogP contribution in [0, 0.1) is 13.8 Å². The second-order valence-corrected chi connectivity index (χ2v) is 8.06. The Labute approximate surface area is 162 Å². The van der Waals surface area contributed by atoms with Gasteiger partial charge in [0.1, 0.15) is 17.0 Å². The molecule has 0 amide bonds. The molecule has 0 N–H and O–H groups in total. The van der Waals surface area contributed by atoms with Gasteiger partial charge in [0, 0.05) is 17.1 Å². The normalized spacial score (nSPS) is 11.0. The van der Waals surface area contributed by atoms with Crippen molar-refractivity contribution in [2.75, 3.05) is 0 Å². The van der Waals surface area contributed by atoms with E-state index in [0.29, 0.717) is 17.2 Å². The van der Waals surface area contributed by atoms with Crippen molar-refractivity contribution in [1.29, 1.82) is 0 Å². The van der Waals surface area contributed by atoms with Crippen molar-refractivity contribution >= 4 is 38.8 Å². The molecule has 0 saturated carbocycles. The second-order valence-electron chi connectivity index (χ2n) is 5.42. The van der Waals surface area contributed by atoms with Gasteiger partial charge in [0.15, 0.2) is 0 Å². The molecule has 136 valence electrons. The molecule has 2 nitrogen and oxygen atoms in total. The fourth-order valence-corrected chi connectivity index (χ4v) is 4.25. The SMILES string of the molecule is Cc1ccc(P[c-]2[cH-][cH-][cH-][cH-]2)o1.Cc1ccc(P[c-]2cccc2)o1.[Fe]. The van der Waals surface area contributed by atoms with Crippen LogP contribution in [0.15, 0.2) is 81.6 Å². The summed E-state index contributed by atoms with van der Waals surface area (Å²) in [4.78, 5) is 0. The zero-order valence-electron chi connectivity index (χ0n) is 14.1. The number of aryl methyl sites for hydroxylation is 2. The van der Waals surface area contributed by atoms with Crippen molar-refractivity contribution in [1.82, 2.24) is 0 Å². The summed E-state index contributed by atoms with van der Waals surface area (Å²) in [5.41, 5.74) is 2.14. The van der Waals surface area contributed by atoms with Gasteiger partial charge in [-0.15, -0.1) is 5.30 Å². The predicted octanol–water partition coefficient (Wildman–Crippen LogP) is 3.87. The zero-order valence-corrected chi connectivity index (χ0v) is 17.2. The number of rotatable bonds is 4. The van der Waals surface area contributed by atoms with Crippen LogP contribution in [0.4, 0.5) is 0 Å². The van der Waals surface area contributed by atoms with E-state index in [2.05, 4.69) is 48.5 Å². The molecule has 5 heteroatoms. The van der Waals surface area contributed by atoms with E-state index < -0.39 is 0 Å². The molecule has 25 heavy (non-hydrogen) atoms. The maximum absolute atomic E-state index is 5.47. The van der Waals surface area contributed by atoms with Gasteiger partial charge >= 0.3 is 0 Å². The van der Waals surface area contributed by atoms with Crippen LogP contribution >= 0.6 is 17.2 Å². The third kappa shape index (κ3) is 6.46. The van der Waals surface area contributed by atoms with E-state index in [1.165, 1.54) is 10.6 Å². The largest absolute Gasteiger partial charge is 0.747 e. The summed E-state index contributed by atoms with van der Waals surface area (Å²) in [7, 11) is 1.31. The summed E-state index contributed by atoms with van der Waals surface area (Å²) in [5, 5.41) is 2.67. The Morgan fingerprint density at radius 2 is 1.32 bits per heavy atom. The third-order valence-electron chi connectivity index (χ3n) is 3.34. The first-order chi connectivity index (χ1) is 11.7. The molecule has 0 bridgehead atoms. The summed E-state index contributed by atoms with van der Waals surface area (Å²) >= 11 is 0. The summed E-state index contributed by atoms with van der Waals surface area (Å²) in [6.45, 7) is 3.94. The second kappa shape index (κ2) is 9.95. The molecular weight excluding hydrogens is 390 g/mol. The van der Waals surface area contributed by atoms with Crippen molar-refractivity contribution in [2.24, 2.45) is 0 Å². The van der Waals surface area contributed by atoms with Crippen molar-refractivity contribution in [3.05, 3.63) is 84.3 Å². The van der Waals surface area contributed by atoms with Crippen LogP contribution < -0.4 is 21.6 Å². The Bertz CT molecular complexity index is 770. The molecule has 2 aromatic carbocycles. The smallest absolute Gasteiger partial charge is 0.115 e. The van der Waals surface area contributed by atoms with E-state index in [-0.39, 0.29) is 17.1 Å². The van der Waals surface area contributed by atoms with Crippen LogP contribution in [0.3, 0.4) is 0 Å². The Kier molecular flexibility index (Phi) is 7.94. The maximum Gasteiger partial charge on any atom is 0.115 e.